The number of ether oxygens (including phenoxy) is 1. The minimum Gasteiger partial charge on any atom is -0.395 e. The van der Waals surface area contributed by atoms with Crippen LogP contribution in [0.3, 0.4) is 0 Å². The first-order valence-electron chi connectivity index (χ1n) is 4.99. The standard InChI is InChI=1S/C12H16NO.CH3.Y/c1-3-14-12-8-10-6-4-5-7-11(10)9-13(12)2;;/h4-7,12H,1,3,8-9H2,2H3;1H3;/q2*-1;. The molecule has 1 atom stereocenters. The van der Waals surface area contributed by atoms with Crippen molar-refractivity contribution in [3.05, 3.63) is 49.7 Å². The maximum atomic E-state index is 5.57. The summed E-state index contributed by atoms with van der Waals surface area (Å²) in [6.07, 6.45) is 1.17. The second-order valence-electron chi connectivity index (χ2n) is 3.71. The maximum absolute atomic E-state index is 5.57. The van der Waals surface area contributed by atoms with Gasteiger partial charge in [0.25, 0.3) is 0 Å². The fraction of sp³-hybridized carbons (Fsp3) is 0.385. The summed E-state index contributed by atoms with van der Waals surface area (Å²) in [5.41, 5.74) is 2.82. The van der Waals surface area contributed by atoms with Gasteiger partial charge in [-0.1, -0.05) is 30.9 Å². The van der Waals surface area contributed by atoms with Gasteiger partial charge in [0.2, 0.25) is 0 Å². The van der Waals surface area contributed by atoms with Crippen LogP contribution in [0.2, 0.25) is 0 Å². The van der Waals surface area contributed by atoms with Crippen LogP contribution in [-0.4, -0.2) is 24.8 Å². The van der Waals surface area contributed by atoms with Crippen LogP contribution in [0.15, 0.2) is 24.3 Å². The molecule has 0 bridgehead atoms. The zero-order valence-electron chi connectivity index (χ0n) is 10.1. The van der Waals surface area contributed by atoms with Crippen LogP contribution in [-0.2, 0) is 50.4 Å². The molecule has 3 heteroatoms. The van der Waals surface area contributed by atoms with E-state index in [1.165, 1.54) is 11.1 Å². The quantitative estimate of drug-likeness (QED) is 0.776. The zero-order valence-corrected chi connectivity index (χ0v) is 13.0. The Balaban J connectivity index is 0.00000112. The first kappa shape index (κ1) is 16.2. The zero-order chi connectivity index (χ0) is 9.97. The molecule has 2 nitrogen and oxygen atoms in total. The third kappa shape index (κ3) is 3.63. The monoisotopic (exact) mass is 294 g/mol. The molecule has 1 aromatic carbocycles. The summed E-state index contributed by atoms with van der Waals surface area (Å²) in [7, 11) is 2.09. The molecule has 0 amide bonds. The van der Waals surface area contributed by atoms with Gasteiger partial charge in [-0.2, -0.15) is 0 Å². The number of nitrogens with zero attached hydrogens (tertiary/aromatic N) is 1. The van der Waals surface area contributed by atoms with Crippen molar-refractivity contribution in [3.8, 4) is 0 Å². The summed E-state index contributed by atoms with van der Waals surface area (Å²) < 4.78 is 5.57. The number of fused-ring (bicyclic) bond motifs is 1. The summed E-state index contributed by atoms with van der Waals surface area (Å²) in [6, 6.07) is 8.55. The SMILES string of the molecule is [CH2-]COC1Cc2ccccc2CN1C.[CH3-].[Y]. The Morgan fingerprint density at radius 3 is 2.62 bits per heavy atom. The van der Waals surface area contributed by atoms with E-state index in [4.69, 9.17) is 4.74 Å². The molecule has 16 heavy (non-hydrogen) atoms. The normalized spacial score (nSPS) is 19.2. The van der Waals surface area contributed by atoms with Gasteiger partial charge < -0.3 is 19.1 Å². The van der Waals surface area contributed by atoms with Gasteiger partial charge in [0, 0.05) is 45.7 Å². The van der Waals surface area contributed by atoms with Gasteiger partial charge in [-0.15, -0.1) is 0 Å². The Hall–Kier alpha value is 0.244. The van der Waals surface area contributed by atoms with E-state index in [1.807, 2.05) is 0 Å². The molecule has 0 N–H and O–H groups in total. The van der Waals surface area contributed by atoms with Crippen molar-refractivity contribution in [3.63, 3.8) is 0 Å². The predicted octanol–water partition coefficient (Wildman–Crippen LogP) is 2.30. The summed E-state index contributed by atoms with van der Waals surface area (Å²) in [5.74, 6) is 0. The Morgan fingerprint density at radius 1 is 1.38 bits per heavy atom. The molecule has 87 valence electrons. The summed E-state index contributed by atoms with van der Waals surface area (Å²) in [5, 5.41) is 0. The summed E-state index contributed by atoms with van der Waals surface area (Å²) >= 11 is 0. The van der Waals surface area contributed by atoms with Gasteiger partial charge in [0.1, 0.15) is 6.23 Å². The van der Waals surface area contributed by atoms with Gasteiger partial charge in [-0.05, 0) is 18.2 Å². The number of hydrogen-bond acceptors (Lipinski definition) is 2. The van der Waals surface area contributed by atoms with Crippen LogP contribution in [0, 0.1) is 14.4 Å². The van der Waals surface area contributed by atoms with Crippen molar-refractivity contribution in [2.75, 3.05) is 13.7 Å². The molecule has 0 saturated carbocycles. The molecule has 0 aliphatic carbocycles. The maximum Gasteiger partial charge on any atom is 0.111 e. The molecule has 0 aromatic heterocycles. The van der Waals surface area contributed by atoms with Gasteiger partial charge in [0.15, 0.2) is 0 Å². The average Bonchev–Trinajstić information content (AvgIpc) is 2.19. The fourth-order valence-corrected chi connectivity index (χ4v) is 1.95. The van der Waals surface area contributed by atoms with Crippen molar-refractivity contribution < 1.29 is 37.4 Å². The third-order valence-corrected chi connectivity index (χ3v) is 2.73. The Bertz CT molecular complexity index is 317. The van der Waals surface area contributed by atoms with Crippen molar-refractivity contribution in [1.82, 2.24) is 4.90 Å². The second-order valence-corrected chi connectivity index (χ2v) is 3.71. The van der Waals surface area contributed by atoms with E-state index in [9.17, 15) is 0 Å². The Labute approximate surface area is 124 Å². The van der Waals surface area contributed by atoms with E-state index in [-0.39, 0.29) is 46.4 Å². The Morgan fingerprint density at radius 2 is 2.00 bits per heavy atom. The van der Waals surface area contributed by atoms with Crippen LogP contribution >= 0.6 is 0 Å². The first-order chi connectivity index (χ1) is 6.81. The third-order valence-electron chi connectivity index (χ3n) is 2.73. The number of benzene rings is 1. The van der Waals surface area contributed by atoms with E-state index in [0.717, 1.165) is 13.0 Å². The molecule has 1 unspecified atom stereocenters. The number of hydrogen-bond donors (Lipinski definition) is 0. The summed E-state index contributed by atoms with van der Waals surface area (Å²) in [4.78, 5) is 2.23. The van der Waals surface area contributed by atoms with E-state index < -0.39 is 0 Å². The molecule has 1 aromatic rings. The minimum atomic E-state index is 0. The van der Waals surface area contributed by atoms with Crippen LogP contribution in [0.5, 0.6) is 0 Å². The van der Waals surface area contributed by atoms with Crippen LogP contribution in [0.4, 0.5) is 0 Å². The fourth-order valence-electron chi connectivity index (χ4n) is 1.95. The van der Waals surface area contributed by atoms with Gasteiger partial charge in [0.05, 0.1) is 0 Å². The molecule has 1 heterocycles. The van der Waals surface area contributed by atoms with E-state index in [0.29, 0.717) is 6.61 Å². The van der Waals surface area contributed by atoms with E-state index >= 15 is 0 Å². The molecule has 1 aliphatic heterocycles. The average molecular weight is 294 g/mol. The van der Waals surface area contributed by atoms with Crippen LogP contribution in [0.25, 0.3) is 0 Å². The molecular formula is C13H19NOY-2. The second kappa shape index (κ2) is 7.55. The van der Waals surface area contributed by atoms with Crippen LogP contribution < -0.4 is 0 Å². The van der Waals surface area contributed by atoms with Crippen molar-refractivity contribution in [2.24, 2.45) is 0 Å². The largest absolute Gasteiger partial charge is 0.395 e. The first-order valence-corrected chi connectivity index (χ1v) is 4.99. The minimum absolute atomic E-state index is 0. The molecule has 2 rings (SSSR count). The Kier molecular flexibility index (Phi) is 7.66. The van der Waals surface area contributed by atoms with E-state index in [1.54, 1.807) is 0 Å². The topological polar surface area (TPSA) is 12.5 Å². The summed E-state index contributed by atoms with van der Waals surface area (Å²) in [6.45, 7) is 5.23. The van der Waals surface area contributed by atoms with Gasteiger partial charge in [-0.3, -0.25) is 4.90 Å². The predicted molar refractivity (Wildman–Crippen MR) is 63.1 cm³/mol. The molecule has 1 aliphatic rings. The van der Waals surface area contributed by atoms with Gasteiger partial charge >= 0.3 is 0 Å². The van der Waals surface area contributed by atoms with Crippen LogP contribution in [0.1, 0.15) is 11.1 Å². The molecule has 0 saturated heterocycles. The van der Waals surface area contributed by atoms with Crippen molar-refractivity contribution >= 4 is 0 Å². The number of likely N-dealkylation sites (N-methyl/N-ethyl adjacent to an activating group) is 1. The molecule has 1 radical (unpaired) electrons. The number of rotatable bonds is 2. The van der Waals surface area contributed by atoms with Crippen molar-refractivity contribution in [2.45, 2.75) is 19.2 Å². The molecule has 0 spiro atoms. The smallest absolute Gasteiger partial charge is 0.111 e. The molecular weight excluding hydrogens is 275 g/mol. The van der Waals surface area contributed by atoms with E-state index in [2.05, 4.69) is 43.1 Å². The van der Waals surface area contributed by atoms with Gasteiger partial charge in [-0.25, -0.2) is 0 Å². The van der Waals surface area contributed by atoms with Crippen molar-refractivity contribution in [1.29, 1.82) is 0 Å². The molecule has 0 fully saturated rings.